The number of sulfone groups is 1. The van der Waals surface area contributed by atoms with Crippen LogP contribution in [0, 0.1) is 4.64 Å². The summed E-state index contributed by atoms with van der Waals surface area (Å²) in [6.45, 7) is 0.915. The minimum atomic E-state index is -2.87. The molecule has 0 atom stereocenters. The number of rotatable bonds is 1. The number of aromatic nitrogens is 2. The van der Waals surface area contributed by atoms with Crippen molar-refractivity contribution in [1.29, 1.82) is 0 Å². The predicted molar refractivity (Wildman–Crippen MR) is 64.7 cm³/mol. The number of nitrogens with zero attached hydrogens (tertiary/aromatic N) is 2. The van der Waals surface area contributed by atoms with E-state index in [0.29, 0.717) is 23.5 Å². The van der Waals surface area contributed by atoms with Crippen LogP contribution in [0.3, 0.4) is 0 Å². The normalized spacial score (nSPS) is 19.6. The fourth-order valence-corrected chi connectivity index (χ4v) is 2.87. The van der Waals surface area contributed by atoms with E-state index in [1.807, 2.05) is 4.90 Å². The zero-order valence-corrected chi connectivity index (χ0v) is 10.1. The van der Waals surface area contributed by atoms with Gasteiger partial charge in [-0.15, -0.1) is 0 Å². The van der Waals surface area contributed by atoms with Gasteiger partial charge in [-0.3, -0.25) is 0 Å². The number of H-pyrrole nitrogens is 1. The smallest absolute Gasteiger partial charge is 0.158 e. The molecule has 0 saturated carbocycles. The molecule has 8 heteroatoms. The molecule has 6 nitrogen and oxygen atoms in total. The Morgan fingerprint density at radius 3 is 2.62 bits per heavy atom. The van der Waals surface area contributed by atoms with Gasteiger partial charge in [0.05, 0.1) is 17.7 Å². The van der Waals surface area contributed by atoms with Crippen LogP contribution in [0.4, 0.5) is 11.6 Å². The van der Waals surface area contributed by atoms with Crippen LogP contribution in [0.5, 0.6) is 0 Å². The number of hydrogen-bond donors (Lipinski definition) is 2. The maximum Gasteiger partial charge on any atom is 0.158 e. The second-order valence-corrected chi connectivity index (χ2v) is 6.33. The molecule has 3 N–H and O–H groups in total. The molecule has 88 valence electrons. The lowest BCUT2D eigenvalue weighted by Crippen LogP contribution is -2.40. The van der Waals surface area contributed by atoms with Crippen LogP contribution in [0.15, 0.2) is 6.20 Å². The summed E-state index contributed by atoms with van der Waals surface area (Å²) in [6.07, 6.45) is 1.57. The van der Waals surface area contributed by atoms with E-state index in [2.05, 4.69) is 9.97 Å². The van der Waals surface area contributed by atoms with E-state index in [1.54, 1.807) is 6.20 Å². The first-order valence-corrected chi connectivity index (χ1v) is 7.01. The van der Waals surface area contributed by atoms with Gasteiger partial charge in [-0.05, 0) is 0 Å². The summed E-state index contributed by atoms with van der Waals surface area (Å²) in [5, 5.41) is 0. The van der Waals surface area contributed by atoms with Gasteiger partial charge in [0.2, 0.25) is 0 Å². The van der Waals surface area contributed by atoms with E-state index in [1.165, 1.54) is 0 Å². The molecule has 1 aromatic rings. The number of aromatic amines is 1. The minimum Gasteiger partial charge on any atom is -0.381 e. The van der Waals surface area contributed by atoms with E-state index in [0.717, 1.165) is 0 Å². The first kappa shape index (κ1) is 11.3. The highest BCUT2D eigenvalue weighted by Crippen LogP contribution is 2.14. The Morgan fingerprint density at radius 2 is 2.06 bits per heavy atom. The van der Waals surface area contributed by atoms with Crippen LogP contribution in [-0.4, -0.2) is 43.0 Å². The topological polar surface area (TPSA) is 92.1 Å². The number of hydrogen-bond acceptors (Lipinski definition) is 6. The van der Waals surface area contributed by atoms with E-state index in [9.17, 15) is 8.42 Å². The van der Waals surface area contributed by atoms with Gasteiger partial charge in [-0.2, -0.15) is 0 Å². The maximum atomic E-state index is 11.3. The SMILES string of the molecule is Nc1ncc(N2CCS(=O)(=O)CC2)[nH]c1=S. The monoisotopic (exact) mass is 260 g/mol. The Morgan fingerprint density at radius 1 is 1.44 bits per heavy atom. The van der Waals surface area contributed by atoms with Crippen molar-refractivity contribution < 1.29 is 8.42 Å². The average Bonchev–Trinajstić information content (AvgIpc) is 2.22. The molecule has 0 radical (unpaired) electrons. The molecule has 0 spiro atoms. The van der Waals surface area contributed by atoms with Crippen LogP contribution in [0.25, 0.3) is 0 Å². The number of nitrogens with one attached hydrogen (secondary N) is 1. The van der Waals surface area contributed by atoms with Gasteiger partial charge in [-0.1, -0.05) is 12.2 Å². The lowest BCUT2D eigenvalue weighted by atomic mass is 10.4. The summed E-state index contributed by atoms with van der Waals surface area (Å²) in [4.78, 5) is 8.78. The van der Waals surface area contributed by atoms with Gasteiger partial charge < -0.3 is 15.6 Å². The quantitative estimate of drug-likeness (QED) is 0.688. The highest BCUT2D eigenvalue weighted by Gasteiger charge is 2.22. The lowest BCUT2D eigenvalue weighted by Gasteiger charge is -2.27. The Balaban J connectivity index is 2.20. The fourth-order valence-electron chi connectivity index (χ4n) is 1.52. The average molecular weight is 260 g/mol. The molecular weight excluding hydrogens is 248 g/mol. The van der Waals surface area contributed by atoms with Crippen molar-refractivity contribution in [2.75, 3.05) is 35.2 Å². The molecule has 0 bridgehead atoms. The van der Waals surface area contributed by atoms with Crippen molar-refractivity contribution in [2.45, 2.75) is 0 Å². The molecule has 1 saturated heterocycles. The molecular formula is C8H12N4O2S2. The summed E-state index contributed by atoms with van der Waals surface area (Å²) in [5.41, 5.74) is 5.50. The fraction of sp³-hybridized carbons (Fsp3) is 0.500. The van der Waals surface area contributed by atoms with Crippen molar-refractivity contribution >= 4 is 33.7 Å². The number of nitrogens with two attached hydrogens (primary N) is 1. The number of anilines is 2. The molecule has 0 unspecified atom stereocenters. The lowest BCUT2D eigenvalue weighted by molar-refractivity contribution is 0.586. The summed E-state index contributed by atoms with van der Waals surface area (Å²) in [6, 6.07) is 0. The third-order valence-corrected chi connectivity index (χ3v) is 4.41. The molecule has 0 aromatic carbocycles. The van der Waals surface area contributed by atoms with Crippen molar-refractivity contribution in [3.8, 4) is 0 Å². The van der Waals surface area contributed by atoms with Crippen LogP contribution >= 0.6 is 12.2 Å². The maximum absolute atomic E-state index is 11.3. The van der Waals surface area contributed by atoms with Crippen LogP contribution in [0.2, 0.25) is 0 Å². The van der Waals surface area contributed by atoms with Gasteiger partial charge in [0.25, 0.3) is 0 Å². The van der Waals surface area contributed by atoms with E-state index >= 15 is 0 Å². The van der Waals surface area contributed by atoms with Crippen LogP contribution < -0.4 is 10.6 Å². The molecule has 0 aliphatic carbocycles. The third kappa shape index (κ3) is 2.33. The van der Waals surface area contributed by atoms with Gasteiger partial charge in [-0.25, -0.2) is 13.4 Å². The van der Waals surface area contributed by atoms with Crippen molar-refractivity contribution in [2.24, 2.45) is 0 Å². The van der Waals surface area contributed by atoms with Crippen molar-refractivity contribution in [1.82, 2.24) is 9.97 Å². The summed E-state index contributed by atoms with van der Waals surface area (Å²) in [5.74, 6) is 1.33. The molecule has 16 heavy (non-hydrogen) atoms. The first-order chi connectivity index (χ1) is 7.48. The standard InChI is InChI=1S/C8H12N4O2S2/c9-7-8(15)11-6(5-10-7)12-1-3-16(13,14)4-2-12/h5H,1-4H2,(H2,9,10)(H,11,15). The summed E-state index contributed by atoms with van der Waals surface area (Å²) >= 11 is 4.97. The summed E-state index contributed by atoms with van der Waals surface area (Å²) < 4.78 is 22.9. The summed E-state index contributed by atoms with van der Waals surface area (Å²) in [7, 11) is -2.87. The van der Waals surface area contributed by atoms with Gasteiger partial charge in [0, 0.05) is 13.1 Å². The highest BCUT2D eigenvalue weighted by atomic mass is 32.2. The van der Waals surface area contributed by atoms with E-state index < -0.39 is 9.84 Å². The Bertz CT molecular complexity index is 537. The molecule has 2 heterocycles. The largest absolute Gasteiger partial charge is 0.381 e. The second-order valence-electron chi connectivity index (χ2n) is 3.62. The van der Waals surface area contributed by atoms with Crippen LogP contribution in [-0.2, 0) is 9.84 Å². The van der Waals surface area contributed by atoms with Crippen LogP contribution in [0.1, 0.15) is 0 Å². The second kappa shape index (κ2) is 4.02. The molecule has 0 amide bonds. The van der Waals surface area contributed by atoms with Gasteiger partial charge >= 0.3 is 0 Å². The first-order valence-electron chi connectivity index (χ1n) is 4.78. The Kier molecular flexibility index (Phi) is 2.85. The van der Waals surface area contributed by atoms with E-state index in [-0.39, 0.29) is 17.3 Å². The molecule has 1 fully saturated rings. The minimum absolute atomic E-state index is 0.165. The zero-order chi connectivity index (χ0) is 11.8. The van der Waals surface area contributed by atoms with Crippen molar-refractivity contribution in [3.63, 3.8) is 0 Å². The Labute approximate surface area is 98.4 Å². The number of nitrogen functional groups attached to an aromatic ring is 1. The van der Waals surface area contributed by atoms with Gasteiger partial charge in [0.15, 0.2) is 15.7 Å². The predicted octanol–water partition coefficient (Wildman–Crippen LogP) is -0.0438. The van der Waals surface area contributed by atoms with Crippen molar-refractivity contribution in [3.05, 3.63) is 10.8 Å². The zero-order valence-electron chi connectivity index (χ0n) is 8.51. The van der Waals surface area contributed by atoms with E-state index in [4.69, 9.17) is 18.0 Å². The highest BCUT2D eigenvalue weighted by molar-refractivity contribution is 7.91. The Hall–Kier alpha value is -1.15. The third-order valence-electron chi connectivity index (χ3n) is 2.49. The molecule has 1 aromatic heterocycles. The molecule has 2 rings (SSSR count). The molecule has 1 aliphatic rings. The van der Waals surface area contributed by atoms with Gasteiger partial charge in [0.1, 0.15) is 10.5 Å². The molecule has 1 aliphatic heterocycles.